The number of nitrogens with zero attached hydrogens (tertiary/aromatic N) is 3. The first-order chi connectivity index (χ1) is 37.1. The number of hydrogen-bond acceptors (Lipinski definition) is 21. The average Bonchev–Trinajstić information content (AvgIpc) is 3.83. The number of H-pyrrole nitrogens is 1. The van der Waals surface area contributed by atoms with Crippen LogP contribution in [0.2, 0.25) is 0 Å². The van der Waals surface area contributed by atoms with E-state index in [9.17, 15) is 74.4 Å². The first kappa shape index (κ1) is 64.1. The molecule has 28 nitrogen and oxygen atoms in total. The molecule has 28 heteroatoms. The molecule has 1 aromatic heterocycles. The van der Waals surface area contributed by atoms with Crippen molar-refractivity contribution in [3.05, 3.63) is 59.4 Å². The van der Waals surface area contributed by atoms with E-state index in [1.54, 1.807) is 30.1 Å². The van der Waals surface area contributed by atoms with Gasteiger partial charge in [0.2, 0.25) is 29.5 Å². The summed E-state index contributed by atoms with van der Waals surface area (Å²) in [6, 6.07) is 8.87. The number of nitrogens with two attached hydrogens (primary N) is 1. The minimum Gasteiger partial charge on any atom is -0.469 e. The predicted octanol–water partition coefficient (Wildman–Crippen LogP) is -5.33. The summed E-state index contributed by atoms with van der Waals surface area (Å²) in [5.41, 5.74) is 9.26. The van der Waals surface area contributed by atoms with Crippen LogP contribution in [0.3, 0.4) is 0 Å². The van der Waals surface area contributed by atoms with E-state index in [2.05, 4.69) is 36.6 Å². The van der Waals surface area contributed by atoms with Crippen molar-refractivity contribution in [1.29, 1.82) is 0 Å². The zero-order chi connectivity index (χ0) is 57.6. The second-order valence-corrected chi connectivity index (χ2v) is 19.1. The van der Waals surface area contributed by atoms with Crippen LogP contribution in [-0.4, -0.2) is 233 Å². The predicted molar refractivity (Wildman–Crippen MR) is 276 cm³/mol. The van der Waals surface area contributed by atoms with Gasteiger partial charge in [-0.25, -0.2) is 4.98 Å². The lowest BCUT2D eigenvalue weighted by Crippen LogP contribution is -2.52. The van der Waals surface area contributed by atoms with Gasteiger partial charge >= 0.3 is 5.97 Å². The monoisotopic (exact) mass is 1100 g/mol. The number of aliphatic hydroxyl groups is 10. The molecule has 0 fully saturated rings. The smallest absolute Gasteiger partial charge is 0.308 e. The zero-order valence-electron chi connectivity index (χ0n) is 43.6. The van der Waals surface area contributed by atoms with Crippen LogP contribution in [0.1, 0.15) is 79.5 Å². The highest BCUT2D eigenvalue weighted by Gasteiger charge is 2.34. The van der Waals surface area contributed by atoms with E-state index in [0.717, 1.165) is 11.0 Å². The second-order valence-electron chi connectivity index (χ2n) is 19.1. The number of unbranched alkanes of at least 4 members (excludes halogenated alkanes) is 3. The number of rotatable bonds is 33. The largest absolute Gasteiger partial charge is 0.469 e. The molecule has 78 heavy (non-hydrogen) atoms. The fourth-order valence-corrected chi connectivity index (χ4v) is 8.26. The number of fused-ring (bicyclic) bond motifs is 2. The molecule has 1 aliphatic heterocycles. The number of hydrogen-bond donors (Lipinski definition) is 17. The number of aliphatic hydroxyl groups excluding tert-OH is 10. The van der Waals surface area contributed by atoms with Crippen LogP contribution in [0, 0.1) is 0 Å². The fourth-order valence-electron chi connectivity index (χ4n) is 8.26. The lowest BCUT2D eigenvalue weighted by atomic mass is 10.0. The number of imidazole rings is 1. The van der Waals surface area contributed by atoms with Crippen molar-refractivity contribution < 1.29 is 89.4 Å². The molecule has 2 heterocycles. The molecule has 0 spiro atoms. The van der Waals surface area contributed by atoms with Gasteiger partial charge in [-0.3, -0.25) is 33.6 Å². The average molecular weight is 1110 g/mol. The van der Waals surface area contributed by atoms with Gasteiger partial charge < -0.3 is 103 Å². The molecule has 4 rings (SSSR count). The number of anilines is 1. The molecule has 0 unspecified atom stereocenters. The lowest BCUT2D eigenvalue weighted by Gasteiger charge is -2.26. The van der Waals surface area contributed by atoms with Crippen LogP contribution in [0.4, 0.5) is 5.69 Å². The summed E-state index contributed by atoms with van der Waals surface area (Å²) in [5, 5.41) is 110. The van der Waals surface area contributed by atoms with Gasteiger partial charge in [-0.05, 0) is 61.6 Å². The van der Waals surface area contributed by atoms with Crippen molar-refractivity contribution in [2.24, 2.45) is 5.73 Å². The SMILES string of the molecule is COC(=O)C[C@@H]1Nc2ccc(C(=O)N(C)Cc3nc4ccccc4[nH]3)cc2CN(CCCCCCNC(=O)[C@H](CCC(=O)NC[C@H](O)[C@@H](O)[C@H](O)[C@H](O)CO)NC(=O)[C@@H](N)CCC(=O)NC[C@@H](O)[C@H](O)[C@H](O)[C@@H](O)CO)C1=O. The molecule has 11 atom stereocenters. The Kier molecular flexibility index (Phi) is 26.2. The molecule has 0 saturated heterocycles. The third-order valence-corrected chi connectivity index (χ3v) is 13.1. The maximum atomic E-state index is 13.9. The Morgan fingerprint density at radius 2 is 1.37 bits per heavy atom. The van der Waals surface area contributed by atoms with Gasteiger partial charge in [0.05, 0.1) is 62.6 Å². The normalized spacial score (nSPS) is 17.3. The van der Waals surface area contributed by atoms with E-state index >= 15 is 0 Å². The van der Waals surface area contributed by atoms with E-state index < -0.39 is 129 Å². The number of amides is 6. The molecule has 434 valence electrons. The molecular weight excluding hydrogens is 1030 g/mol. The minimum absolute atomic E-state index is 0.106. The summed E-state index contributed by atoms with van der Waals surface area (Å²) in [6.45, 7) is -2.29. The van der Waals surface area contributed by atoms with Crippen LogP contribution in [0.5, 0.6) is 0 Å². The van der Waals surface area contributed by atoms with Gasteiger partial charge in [0.1, 0.15) is 54.5 Å². The first-order valence-electron chi connectivity index (χ1n) is 25.6. The molecule has 0 aliphatic carbocycles. The van der Waals surface area contributed by atoms with Gasteiger partial charge in [-0.2, -0.15) is 0 Å². The van der Waals surface area contributed by atoms with Crippen LogP contribution in [0.25, 0.3) is 11.0 Å². The molecular formula is C50H76N10O18. The van der Waals surface area contributed by atoms with Crippen LogP contribution >= 0.6 is 0 Å². The number of nitrogens with one attached hydrogen (secondary N) is 6. The number of aromatic amines is 1. The summed E-state index contributed by atoms with van der Waals surface area (Å²) in [6.07, 6.45) is -14.4. The minimum atomic E-state index is -1.96. The summed E-state index contributed by atoms with van der Waals surface area (Å²) < 4.78 is 4.86. The number of methoxy groups -OCH3 is 1. The Morgan fingerprint density at radius 1 is 0.782 bits per heavy atom. The number of aromatic nitrogens is 2. The van der Waals surface area contributed by atoms with Gasteiger partial charge in [-0.1, -0.05) is 25.0 Å². The van der Waals surface area contributed by atoms with Gasteiger partial charge in [0, 0.05) is 63.9 Å². The van der Waals surface area contributed by atoms with Crippen LogP contribution < -0.4 is 32.3 Å². The third kappa shape index (κ3) is 19.5. The number of carbonyl (C=O) groups is 7. The Labute approximate surface area is 449 Å². The highest BCUT2D eigenvalue weighted by molar-refractivity contribution is 5.96. The molecule has 0 bridgehead atoms. The summed E-state index contributed by atoms with van der Waals surface area (Å²) in [4.78, 5) is 103. The fraction of sp³-hybridized carbons (Fsp3) is 0.600. The first-order valence-corrected chi connectivity index (χ1v) is 25.6. The standard InChI is InChI=1S/C50H76N10O18/c1-59(24-39-56-31-9-5-6-10-32(31)57-39)49(76)27-11-13-30-28(19-27)23-60(50(77)34(55-30)20-42(69)78-2)18-8-4-3-7-17-52-48(75)33(14-16-41(68)54-22-36(64)44(71)46(73)38(66)26-62)58-47(74)29(51)12-15-40(67)53-21-35(63)43(70)45(72)37(65)25-61/h5-6,9-11,13,19,29,33-38,43-46,55,61-66,70-73H,3-4,7-8,12,14-18,20-26,51H2,1-2H3,(H,52,75)(H,53,67)(H,54,68)(H,56,57)(H,58,74)/t29-,33-,34-,35+,36-,37-,38+,43-,44+,45+,46+/m0/s1. The van der Waals surface area contributed by atoms with Crippen molar-refractivity contribution in [2.45, 2.75) is 138 Å². The molecule has 1 aliphatic rings. The van der Waals surface area contributed by atoms with E-state index in [-0.39, 0.29) is 63.7 Å². The molecule has 0 radical (unpaired) electrons. The van der Waals surface area contributed by atoms with E-state index in [4.69, 9.17) is 20.7 Å². The van der Waals surface area contributed by atoms with Crippen LogP contribution in [-0.2, 0) is 46.6 Å². The number of ether oxygens (including phenoxy) is 1. The van der Waals surface area contributed by atoms with E-state index in [1.165, 1.54) is 12.0 Å². The summed E-state index contributed by atoms with van der Waals surface area (Å²) in [5.74, 6) is -3.71. The zero-order valence-corrected chi connectivity index (χ0v) is 43.6. The van der Waals surface area contributed by atoms with Crippen molar-refractivity contribution in [1.82, 2.24) is 41.0 Å². The van der Waals surface area contributed by atoms with Crippen LogP contribution in [0.15, 0.2) is 42.5 Å². The number of benzene rings is 2. The van der Waals surface area contributed by atoms with Crippen molar-refractivity contribution in [2.75, 3.05) is 58.9 Å². The van der Waals surface area contributed by atoms with Crippen molar-refractivity contribution in [3.8, 4) is 0 Å². The highest BCUT2D eigenvalue weighted by Crippen LogP contribution is 2.27. The van der Waals surface area contributed by atoms with E-state index in [1.807, 2.05) is 24.3 Å². The Bertz CT molecular complexity index is 2420. The Morgan fingerprint density at radius 3 is 1.97 bits per heavy atom. The second kappa shape index (κ2) is 31.8. The quantitative estimate of drug-likeness (QED) is 0.0200. The van der Waals surface area contributed by atoms with Crippen molar-refractivity contribution >= 4 is 58.1 Å². The topological polar surface area (TPSA) is 452 Å². The van der Waals surface area contributed by atoms with Gasteiger partial charge in [-0.15, -0.1) is 0 Å². The summed E-state index contributed by atoms with van der Waals surface area (Å²) >= 11 is 0. The molecule has 6 amide bonds. The van der Waals surface area contributed by atoms with Crippen molar-refractivity contribution in [3.63, 3.8) is 0 Å². The number of esters is 1. The Balaban J connectivity index is 1.32. The third-order valence-electron chi connectivity index (χ3n) is 13.1. The van der Waals surface area contributed by atoms with Gasteiger partial charge in [0.15, 0.2) is 0 Å². The van der Waals surface area contributed by atoms with Gasteiger partial charge in [0.25, 0.3) is 5.91 Å². The number of para-hydroxylation sites is 2. The highest BCUT2D eigenvalue weighted by atomic mass is 16.5. The number of carbonyl (C=O) groups excluding carboxylic acids is 7. The molecule has 2 aromatic carbocycles. The molecule has 18 N–H and O–H groups in total. The Hall–Kier alpha value is -6.44. The molecule has 3 aromatic rings. The summed E-state index contributed by atoms with van der Waals surface area (Å²) in [7, 11) is 2.88. The lowest BCUT2D eigenvalue weighted by molar-refractivity contribution is -0.144. The maximum absolute atomic E-state index is 13.9. The maximum Gasteiger partial charge on any atom is 0.308 e. The molecule has 0 saturated carbocycles. The van der Waals surface area contributed by atoms with E-state index in [0.29, 0.717) is 48.3 Å².